The molecule has 126 valence electrons. The summed E-state index contributed by atoms with van der Waals surface area (Å²) in [7, 11) is 0. The van der Waals surface area contributed by atoms with Crippen molar-refractivity contribution in [3.05, 3.63) is 81.1 Å². The van der Waals surface area contributed by atoms with Gasteiger partial charge in [-0.25, -0.2) is 0 Å². The Bertz CT molecular complexity index is 933. The molecule has 0 aliphatic carbocycles. The summed E-state index contributed by atoms with van der Waals surface area (Å²) in [5.74, 6) is 1.26. The Balaban J connectivity index is 1.67. The zero-order valence-electron chi connectivity index (χ0n) is 13.3. The van der Waals surface area contributed by atoms with E-state index in [9.17, 15) is 10.1 Å². The van der Waals surface area contributed by atoms with Crippen LogP contribution in [-0.4, -0.2) is 11.1 Å². The molecule has 0 unspecified atom stereocenters. The van der Waals surface area contributed by atoms with Crippen molar-refractivity contribution in [1.29, 1.82) is 0 Å². The second-order valence-corrected chi connectivity index (χ2v) is 5.75. The second kappa shape index (κ2) is 7.19. The number of nitrogens with zero attached hydrogens (tertiary/aromatic N) is 2. The molecule has 3 aromatic rings. The zero-order valence-corrected chi connectivity index (χ0v) is 14.0. The van der Waals surface area contributed by atoms with E-state index < -0.39 is 4.92 Å². The highest BCUT2D eigenvalue weighted by molar-refractivity contribution is 6.31. The van der Waals surface area contributed by atoms with Crippen molar-refractivity contribution < 1.29 is 9.34 Å². The summed E-state index contributed by atoms with van der Waals surface area (Å²) in [6, 6.07) is 15.3. The van der Waals surface area contributed by atoms with Crippen molar-refractivity contribution in [3.8, 4) is 11.3 Å². The maximum Gasteiger partial charge on any atom is 0.269 e. The highest BCUT2D eigenvalue weighted by Crippen LogP contribution is 2.26. The standard InChI is InChI=1S/C18H14ClN3O3/c1-12-2-3-13(10-17(12)19)18-9-8-16(25-18)11-20-21-14-4-6-15(7-5-14)22(23)24/h2-11,21H,1H3/b20-11+. The Morgan fingerprint density at radius 3 is 2.60 bits per heavy atom. The van der Waals surface area contributed by atoms with Gasteiger partial charge in [0, 0.05) is 22.7 Å². The lowest BCUT2D eigenvalue weighted by atomic mass is 10.1. The molecule has 0 atom stereocenters. The summed E-state index contributed by atoms with van der Waals surface area (Å²) in [6.07, 6.45) is 1.53. The molecule has 0 saturated carbocycles. The van der Waals surface area contributed by atoms with E-state index in [0.717, 1.165) is 11.1 Å². The number of rotatable bonds is 5. The fourth-order valence-corrected chi connectivity index (χ4v) is 2.33. The maximum absolute atomic E-state index is 10.6. The number of hydrazone groups is 1. The van der Waals surface area contributed by atoms with Gasteiger partial charge in [-0.2, -0.15) is 5.10 Å². The SMILES string of the molecule is Cc1ccc(-c2ccc(/C=N/Nc3ccc([N+](=O)[O-])cc3)o2)cc1Cl. The van der Waals surface area contributed by atoms with Gasteiger partial charge in [0.05, 0.1) is 16.8 Å². The third kappa shape index (κ3) is 4.05. The molecule has 1 heterocycles. The molecule has 0 amide bonds. The fraction of sp³-hybridized carbons (Fsp3) is 0.0556. The van der Waals surface area contributed by atoms with E-state index in [1.807, 2.05) is 31.2 Å². The van der Waals surface area contributed by atoms with Gasteiger partial charge in [-0.05, 0) is 42.8 Å². The van der Waals surface area contributed by atoms with Crippen molar-refractivity contribution in [2.75, 3.05) is 5.43 Å². The van der Waals surface area contributed by atoms with Gasteiger partial charge in [0.2, 0.25) is 0 Å². The Morgan fingerprint density at radius 1 is 1.16 bits per heavy atom. The molecule has 7 heteroatoms. The maximum atomic E-state index is 10.6. The number of hydrogen-bond donors (Lipinski definition) is 1. The van der Waals surface area contributed by atoms with Crippen molar-refractivity contribution in [2.24, 2.45) is 5.10 Å². The first kappa shape index (κ1) is 16.7. The van der Waals surface area contributed by atoms with Crippen molar-refractivity contribution >= 4 is 29.2 Å². The first-order chi connectivity index (χ1) is 12.0. The van der Waals surface area contributed by atoms with Gasteiger partial charge in [0.15, 0.2) is 0 Å². The zero-order chi connectivity index (χ0) is 17.8. The Labute approximate surface area is 148 Å². The number of non-ortho nitro benzene ring substituents is 1. The van der Waals surface area contributed by atoms with Gasteiger partial charge in [-0.1, -0.05) is 23.7 Å². The van der Waals surface area contributed by atoms with Gasteiger partial charge in [0.1, 0.15) is 11.5 Å². The predicted octanol–water partition coefficient (Wildman–Crippen LogP) is 5.26. The van der Waals surface area contributed by atoms with Gasteiger partial charge >= 0.3 is 0 Å². The van der Waals surface area contributed by atoms with Crippen LogP contribution in [0.5, 0.6) is 0 Å². The van der Waals surface area contributed by atoms with E-state index in [0.29, 0.717) is 22.2 Å². The summed E-state index contributed by atoms with van der Waals surface area (Å²) >= 11 is 6.13. The lowest BCUT2D eigenvalue weighted by Gasteiger charge is -2.01. The molecule has 25 heavy (non-hydrogen) atoms. The average Bonchev–Trinajstić information content (AvgIpc) is 3.07. The molecular formula is C18H14ClN3O3. The summed E-state index contributed by atoms with van der Waals surface area (Å²) < 4.78 is 5.72. The molecule has 6 nitrogen and oxygen atoms in total. The van der Waals surface area contributed by atoms with Crippen LogP contribution in [0.25, 0.3) is 11.3 Å². The minimum Gasteiger partial charge on any atom is -0.455 e. The molecule has 1 aromatic heterocycles. The molecule has 1 N–H and O–H groups in total. The lowest BCUT2D eigenvalue weighted by Crippen LogP contribution is -1.91. The highest BCUT2D eigenvalue weighted by atomic mass is 35.5. The van der Waals surface area contributed by atoms with Crippen molar-refractivity contribution in [2.45, 2.75) is 6.92 Å². The molecule has 0 aliphatic heterocycles. The Kier molecular flexibility index (Phi) is 4.81. The normalized spacial score (nSPS) is 11.0. The quantitative estimate of drug-likeness (QED) is 0.384. The number of aryl methyl sites for hydroxylation is 1. The van der Waals surface area contributed by atoms with Crippen molar-refractivity contribution in [1.82, 2.24) is 0 Å². The van der Waals surface area contributed by atoms with Crippen LogP contribution in [0.2, 0.25) is 5.02 Å². The van der Waals surface area contributed by atoms with E-state index in [1.54, 1.807) is 18.2 Å². The third-order valence-corrected chi connectivity index (χ3v) is 3.95. The number of hydrogen-bond acceptors (Lipinski definition) is 5. The monoisotopic (exact) mass is 355 g/mol. The highest BCUT2D eigenvalue weighted by Gasteiger charge is 2.06. The number of halogens is 1. The molecule has 3 rings (SSSR count). The van der Waals surface area contributed by atoms with Crippen LogP contribution in [0, 0.1) is 17.0 Å². The summed E-state index contributed by atoms with van der Waals surface area (Å²) in [6.45, 7) is 1.94. The number of anilines is 1. The average molecular weight is 356 g/mol. The lowest BCUT2D eigenvalue weighted by molar-refractivity contribution is -0.384. The van der Waals surface area contributed by atoms with Crippen LogP contribution in [-0.2, 0) is 0 Å². The smallest absolute Gasteiger partial charge is 0.269 e. The minimum atomic E-state index is -0.450. The fourth-order valence-electron chi connectivity index (χ4n) is 2.15. The summed E-state index contributed by atoms with van der Waals surface area (Å²) in [5.41, 5.74) is 5.35. The largest absolute Gasteiger partial charge is 0.455 e. The molecule has 0 saturated heterocycles. The molecule has 2 aromatic carbocycles. The topological polar surface area (TPSA) is 80.7 Å². The number of nitro benzene ring substituents is 1. The Hall–Kier alpha value is -3.12. The number of nitro groups is 1. The van der Waals surface area contributed by atoms with Crippen LogP contribution in [0.4, 0.5) is 11.4 Å². The molecule has 0 bridgehead atoms. The van der Waals surface area contributed by atoms with E-state index in [-0.39, 0.29) is 5.69 Å². The van der Waals surface area contributed by atoms with E-state index in [1.165, 1.54) is 18.3 Å². The van der Waals surface area contributed by atoms with E-state index in [4.69, 9.17) is 16.0 Å². The van der Waals surface area contributed by atoms with Crippen LogP contribution in [0.15, 0.2) is 64.1 Å². The van der Waals surface area contributed by atoms with Crippen LogP contribution in [0.3, 0.4) is 0 Å². The molecule has 0 radical (unpaired) electrons. The van der Waals surface area contributed by atoms with Crippen molar-refractivity contribution in [3.63, 3.8) is 0 Å². The number of nitrogens with one attached hydrogen (secondary N) is 1. The van der Waals surface area contributed by atoms with Gasteiger partial charge in [-0.3, -0.25) is 15.5 Å². The number of benzene rings is 2. The molecule has 0 fully saturated rings. The Morgan fingerprint density at radius 2 is 1.92 bits per heavy atom. The van der Waals surface area contributed by atoms with Crippen LogP contribution < -0.4 is 5.43 Å². The van der Waals surface area contributed by atoms with Crippen LogP contribution >= 0.6 is 11.6 Å². The van der Waals surface area contributed by atoms with Gasteiger partial charge in [0.25, 0.3) is 5.69 Å². The van der Waals surface area contributed by atoms with Gasteiger partial charge < -0.3 is 4.42 Å². The molecular weight excluding hydrogens is 342 g/mol. The third-order valence-electron chi connectivity index (χ3n) is 3.55. The predicted molar refractivity (Wildman–Crippen MR) is 98.2 cm³/mol. The van der Waals surface area contributed by atoms with E-state index >= 15 is 0 Å². The molecule has 0 aliphatic rings. The van der Waals surface area contributed by atoms with E-state index in [2.05, 4.69) is 10.5 Å². The first-order valence-corrected chi connectivity index (χ1v) is 7.80. The molecule has 0 spiro atoms. The van der Waals surface area contributed by atoms with Gasteiger partial charge in [-0.15, -0.1) is 0 Å². The summed E-state index contributed by atoms with van der Waals surface area (Å²) in [4.78, 5) is 10.2. The van der Waals surface area contributed by atoms with Crippen LogP contribution in [0.1, 0.15) is 11.3 Å². The first-order valence-electron chi connectivity index (χ1n) is 7.43. The summed E-state index contributed by atoms with van der Waals surface area (Å²) in [5, 5.41) is 15.3. The minimum absolute atomic E-state index is 0.0296. The number of furan rings is 1. The second-order valence-electron chi connectivity index (χ2n) is 5.34.